The Morgan fingerprint density at radius 3 is 2.75 bits per heavy atom. The van der Waals surface area contributed by atoms with Crippen molar-refractivity contribution < 1.29 is 19.2 Å². The smallest absolute Gasteiger partial charge is 0.361 e. The molecule has 2 aliphatic rings. The second kappa shape index (κ2) is 7.23. The van der Waals surface area contributed by atoms with E-state index in [0.717, 1.165) is 32.7 Å². The van der Waals surface area contributed by atoms with Gasteiger partial charge in [-0.15, -0.1) is 0 Å². The molecule has 1 aliphatic carbocycles. The summed E-state index contributed by atoms with van der Waals surface area (Å²) in [5, 5.41) is 0. The summed E-state index contributed by atoms with van der Waals surface area (Å²) >= 11 is 0. The van der Waals surface area contributed by atoms with Gasteiger partial charge in [0.25, 0.3) is 0 Å². The van der Waals surface area contributed by atoms with E-state index >= 15 is 0 Å². The highest BCUT2D eigenvalue weighted by atomic mass is 16.5. The topological polar surface area (TPSA) is 40.0 Å². The summed E-state index contributed by atoms with van der Waals surface area (Å²) in [7, 11) is 0. The van der Waals surface area contributed by atoms with Gasteiger partial charge < -0.3 is 14.4 Å². The van der Waals surface area contributed by atoms with Crippen molar-refractivity contribution in [2.45, 2.75) is 27.2 Å². The van der Waals surface area contributed by atoms with E-state index in [0.29, 0.717) is 30.9 Å². The van der Waals surface area contributed by atoms with E-state index in [1.807, 2.05) is 0 Å². The third-order valence-corrected chi connectivity index (χ3v) is 4.63. The van der Waals surface area contributed by atoms with Crippen molar-refractivity contribution in [2.24, 2.45) is 17.8 Å². The highest BCUT2D eigenvalue weighted by Gasteiger charge is 2.28. The number of carbonyl (C=O) groups excluding carboxylic acids is 1. The van der Waals surface area contributed by atoms with Crippen LogP contribution in [-0.4, -0.2) is 45.4 Å². The first-order valence-electron chi connectivity index (χ1n) is 7.80. The largest absolute Gasteiger partial charge is 0.461 e. The molecule has 0 aromatic heterocycles. The van der Waals surface area contributed by atoms with E-state index in [9.17, 15) is 4.79 Å². The zero-order chi connectivity index (χ0) is 14.5. The normalized spacial score (nSPS) is 31.8. The minimum Gasteiger partial charge on any atom is -0.461 e. The number of rotatable bonds is 4. The van der Waals surface area contributed by atoms with E-state index in [-0.39, 0.29) is 5.97 Å². The van der Waals surface area contributed by atoms with Crippen LogP contribution in [0.5, 0.6) is 0 Å². The van der Waals surface area contributed by atoms with Gasteiger partial charge in [-0.05, 0) is 25.2 Å². The van der Waals surface area contributed by atoms with Gasteiger partial charge in [-0.25, -0.2) is 4.79 Å². The van der Waals surface area contributed by atoms with E-state index in [1.54, 1.807) is 0 Å². The van der Waals surface area contributed by atoms with E-state index in [2.05, 4.69) is 26.8 Å². The quantitative estimate of drug-likeness (QED) is 0.609. The molecule has 0 spiro atoms. The van der Waals surface area contributed by atoms with E-state index in [4.69, 9.17) is 9.47 Å². The highest BCUT2D eigenvalue weighted by molar-refractivity contribution is 5.70. The summed E-state index contributed by atoms with van der Waals surface area (Å²) in [6, 6.07) is 0. The molecule has 0 unspecified atom stereocenters. The molecule has 1 heterocycles. The van der Waals surface area contributed by atoms with Crippen molar-refractivity contribution in [3.8, 4) is 0 Å². The molecule has 2 rings (SSSR count). The summed E-state index contributed by atoms with van der Waals surface area (Å²) in [4.78, 5) is 13.2. The Labute approximate surface area is 122 Å². The molecule has 1 fully saturated rings. The fourth-order valence-corrected chi connectivity index (χ4v) is 3.42. The zero-order valence-corrected chi connectivity index (χ0v) is 13.0. The molecule has 20 heavy (non-hydrogen) atoms. The maximum atomic E-state index is 11.9. The first kappa shape index (κ1) is 15.5. The van der Waals surface area contributed by atoms with Crippen LogP contribution in [0.3, 0.4) is 0 Å². The van der Waals surface area contributed by atoms with Crippen LogP contribution >= 0.6 is 0 Å². The molecule has 1 aliphatic heterocycles. The molecule has 0 radical (unpaired) electrons. The monoisotopic (exact) mass is 282 g/mol. The second-order valence-corrected chi connectivity index (χ2v) is 6.44. The molecule has 0 saturated carbocycles. The van der Waals surface area contributed by atoms with Gasteiger partial charge in [-0.2, -0.15) is 0 Å². The molecule has 0 aromatic rings. The molecule has 1 saturated heterocycles. The molecule has 0 amide bonds. The average Bonchev–Trinajstić information content (AvgIpc) is 2.38. The lowest BCUT2D eigenvalue weighted by atomic mass is 9.75. The van der Waals surface area contributed by atoms with Crippen LogP contribution < -0.4 is 4.90 Å². The molecular weight excluding hydrogens is 254 g/mol. The van der Waals surface area contributed by atoms with Crippen molar-refractivity contribution in [1.29, 1.82) is 0 Å². The third-order valence-electron chi connectivity index (χ3n) is 4.63. The average molecular weight is 282 g/mol. The second-order valence-electron chi connectivity index (χ2n) is 6.44. The van der Waals surface area contributed by atoms with Gasteiger partial charge in [-0.1, -0.05) is 25.5 Å². The first-order chi connectivity index (χ1) is 9.56. The number of carbonyl (C=O) groups is 1. The summed E-state index contributed by atoms with van der Waals surface area (Å²) < 4.78 is 10.8. The van der Waals surface area contributed by atoms with Crippen LogP contribution in [-0.2, 0) is 14.3 Å². The Kier molecular flexibility index (Phi) is 5.61. The fourth-order valence-electron chi connectivity index (χ4n) is 3.42. The SMILES string of the molecule is CC1=C[C@@H](C)[C@H](COC(=O)C[NH+]2CCOCC2)[C@@H](C)C1. The van der Waals surface area contributed by atoms with Gasteiger partial charge in [0.1, 0.15) is 13.1 Å². The number of ether oxygens (including phenoxy) is 2. The van der Waals surface area contributed by atoms with E-state index < -0.39 is 0 Å². The molecule has 4 heteroatoms. The van der Waals surface area contributed by atoms with Crippen molar-refractivity contribution in [3.63, 3.8) is 0 Å². The summed E-state index contributed by atoms with van der Waals surface area (Å²) in [6.45, 7) is 11.1. The Bertz CT molecular complexity index is 361. The first-order valence-corrected chi connectivity index (χ1v) is 7.80. The number of allylic oxidation sites excluding steroid dienone is 2. The van der Waals surface area contributed by atoms with Crippen molar-refractivity contribution >= 4 is 5.97 Å². The summed E-state index contributed by atoms with van der Waals surface area (Å²) in [5.41, 5.74) is 1.46. The number of hydrogen-bond donors (Lipinski definition) is 1. The van der Waals surface area contributed by atoms with Crippen LogP contribution in [0.2, 0.25) is 0 Å². The zero-order valence-electron chi connectivity index (χ0n) is 13.0. The molecule has 1 N–H and O–H groups in total. The van der Waals surface area contributed by atoms with Crippen molar-refractivity contribution in [3.05, 3.63) is 11.6 Å². The Morgan fingerprint density at radius 2 is 2.10 bits per heavy atom. The van der Waals surface area contributed by atoms with Crippen LogP contribution in [0.1, 0.15) is 27.2 Å². The third kappa shape index (κ3) is 4.32. The number of nitrogens with one attached hydrogen (secondary N) is 1. The predicted molar refractivity (Wildman–Crippen MR) is 77.5 cm³/mol. The number of esters is 1. The van der Waals surface area contributed by atoms with Crippen LogP contribution in [0.15, 0.2) is 11.6 Å². The van der Waals surface area contributed by atoms with Crippen molar-refractivity contribution in [1.82, 2.24) is 0 Å². The number of morpholine rings is 1. The van der Waals surface area contributed by atoms with Gasteiger partial charge >= 0.3 is 5.97 Å². The molecular formula is C16H28NO3+. The molecule has 0 bridgehead atoms. The predicted octanol–water partition coefficient (Wildman–Crippen LogP) is 0.683. The lowest BCUT2D eigenvalue weighted by Gasteiger charge is -2.32. The lowest BCUT2D eigenvalue weighted by molar-refractivity contribution is -0.900. The summed E-state index contributed by atoms with van der Waals surface area (Å²) in [5.74, 6) is 1.50. The van der Waals surface area contributed by atoms with Gasteiger partial charge in [0.15, 0.2) is 6.54 Å². The maximum absolute atomic E-state index is 11.9. The molecule has 0 aromatic carbocycles. The van der Waals surface area contributed by atoms with Crippen LogP contribution in [0.4, 0.5) is 0 Å². The minimum absolute atomic E-state index is 0.0624. The van der Waals surface area contributed by atoms with Gasteiger partial charge in [0.05, 0.1) is 19.8 Å². The van der Waals surface area contributed by atoms with Crippen LogP contribution in [0, 0.1) is 17.8 Å². The molecule has 3 atom stereocenters. The van der Waals surface area contributed by atoms with Gasteiger partial charge in [0, 0.05) is 5.92 Å². The Morgan fingerprint density at radius 1 is 1.40 bits per heavy atom. The van der Waals surface area contributed by atoms with Crippen molar-refractivity contribution in [2.75, 3.05) is 39.5 Å². The molecule has 114 valence electrons. The van der Waals surface area contributed by atoms with Gasteiger partial charge in [0.2, 0.25) is 0 Å². The number of quaternary nitrogens is 1. The summed E-state index contributed by atoms with van der Waals surface area (Å²) in [6.07, 6.45) is 3.45. The molecule has 4 nitrogen and oxygen atoms in total. The minimum atomic E-state index is -0.0624. The standard InChI is InChI=1S/C16H27NO3/c1-12-8-13(2)15(14(3)9-12)11-20-16(18)10-17-4-6-19-7-5-17/h8,13-15H,4-7,9-11H2,1-3H3/p+1/t13-,14+,15+/m1/s1. The van der Waals surface area contributed by atoms with Gasteiger partial charge in [-0.3, -0.25) is 0 Å². The Balaban J connectivity index is 1.75. The fraction of sp³-hybridized carbons (Fsp3) is 0.812. The van der Waals surface area contributed by atoms with E-state index in [1.165, 1.54) is 10.5 Å². The Hall–Kier alpha value is -0.870. The lowest BCUT2D eigenvalue weighted by Crippen LogP contribution is -3.15. The number of hydrogen-bond acceptors (Lipinski definition) is 3. The highest BCUT2D eigenvalue weighted by Crippen LogP contribution is 2.33. The van der Waals surface area contributed by atoms with Crippen LogP contribution in [0.25, 0.3) is 0 Å². The maximum Gasteiger partial charge on any atom is 0.361 e.